The number of nitrogens with zero attached hydrogens (tertiary/aromatic N) is 1. The molecule has 4 aromatic rings. The molecule has 0 aliphatic carbocycles. The third-order valence-corrected chi connectivity index (χ3v) is 7.72. The van der Waals surface area contributed by atoms with Crippen LogP contribution in [0.25, 0.3) is 16.2 Å². The molecule has 6 nitrogen and oxygen atoms in total. The predicted octanol–water partition coefficient (Wildman–Crippen LogP) is 8.13. The zero-order valence-electron chi connectivity index (χ0n) is 20.0. The molecule has 0 atom stereocenters. The van der Waals surface area contributed by atoms with Crippen molar-refractivity contribution in [3.8, 4) is 11.5 Å². The van der Waals surface area contributed by atoms with Crippen molar-refractivity contribution in [2.45, 2.75) is 13.8 Å². The first kappa shape index (κ1) is 26.3. The van der Waals surface area contributed by atoms with E-state index in [4.69, 9.17) is 49.0 Å². The quantitative estimate of drug-likeness (QED) is 0.130. The highest BCUT2D eigenvalue weighted by Crippen LogP contribution is 2.38. The molecule has 3 aromatic carbocycles. The normalized spacial score (nSPS) is 14.1. The molecule has 1 aliphatic heterocycles. The minimum Gasteiger partial charge on any atom is -0.490 e. The summed E-state index contributed by atoms with van der Waals surface area (Å²) in [4.78, 5) is 30.3. The van der Waals surface area contributed by atoms with Crippen LogP contribution in [0.15, 0.2) is 65.3 Å². The maximum atomic E-state index is 12.7. The van der Waals surface area contributed by atoms with Crippen molar-refractivity contribution in [1.29, 1.82) is 0 Å². The molecule has 0 spiro atoms. The molecule has 5 rings (SSSR count). The minimum absolute atomic E-state index is 0.102. The Hall–Kier alpha value is -3.36. The van der Waals surface area contributed by atoms with Crippen molar-refractivity contribution >= 4 is 80.1 Å². The van der Waals surface area contributed by atoms with E-state index in [1.807, 2.05) is 25.1 Å². The van der Waals surface area contributed by atoms with Crippen LogP contribution in [0, 0.1) is 6.92 Å². The lowest BCUT2D eigenvalue weighted by molar-refractivity contribution is -0.129. The molecule has 0 saturated heterocycles. The molecule has 192 valence electrons. The molecule has 38 heavy (non-hydrogen) atoms. The summed E-state index contributed by atoms with van der Waals surface area (Å²) < 4.78 is 17.6. The highest BCUT2D eigenvalue weighted by Gasteiger charge is 2.28. The number of cyclic esters (lactones) is 1. The third-order valence-electron chi connectivity index (χ3n) is 5.52. The number of esters is 2. The molecule has 0 N–H and O–H groups in total. The Bertz CT molecular complexity index is 1670. The molecule has 1 aromatic heterocycles. The van der Waals surface area contributed by atoms with Gasteiger partial charge < -0.3 is 14.2 Å². The van der Waals surface area contributed by atoms with E-state index in [1.165, 1.54) is 23.5 Å². The summed E-state index contributed by atoms with van der Waals surface area (Å²) in [5, 5.41) is 1.94. The summed E-state index contributed by atoms with van der Waals surface area (Å²) in [6.07, 6.45) is 1.56. The Balaban J connectivity index is 1.43. The number of rotatable bonds is 6. The lowest BCUT2D eigenvalue weighted by Gasteiger charge is -2.12. The van der Waals surface area contributed by atoms with E-state index in [2.05, 4.69) is 4.99 Å². The van der Waals surface area contributed by atoms with Gasteiger partial charge in [0.1, 0.15) is 4.88 Å². The van der Waals surface area contributed by atoms with Gasteiger partial charge in [-0.2, -0.15) is 0 Å². The molecule has 0 saturated carbocycles. The Morgan fingerprint density at radius 3 is 2.63 bits per heavy atom. The van der Waals surface area contributed by atoms with Crippen LogP contribution in [0.1, 0.15) is 33.3 Å². The van der Waals surface area contributed by atoms with Gasteiger partial charge in [-0.3, -0.25) is 0 Å². The molecule has 2 heterocycles. The van der Waals surface area contributed by atoms with Crippen LogP contribution in [0.3, 0.4) is 0 Å². The van der Waals surface area contributed by atoms with Gasteiger partial charge in [-0.25, -0.2) is 14.6 Å². The summed E-state index contributed by atoms with van der Waals surface area (Å²) in [5.74, 6) is -0.617. The van der Waals surface area contributed by atoms with Crippen LogP contribution >= 0.6 is 46.1 Å². The van der Waals surface area contributed by atoms with Crippen molar-refractivity contribution in [3.05, 3.63) is 96.9 Å². The molecule has 10 heteroatoms. The van der Waals surface area contributed by atoms with Crippen molar-refractivity contribution in [1.82, 2.24) is 0 Å². The largest absolute Gasteiger partial charge is 0.490 e. The van der Waals surface area contributed by atoms with Crippen molar-refractivity contribution in [3.63, 3.8) is 0 Å². The second-order valence-electron chi connectivity index (χ2n) is 8.23. The number of hydrogen-bond donors (Lipinski definition) is 0. The molecule has 0 radical (unpaired) electrons. The lowest BCUT2D eigenvalue weighted by Crippen LogP contribution is -2.10. The van der Waals surface area contributed by atoms with Crippen LogP contribution in [0.4, 0.5) is 0 Å². The molecule has 0 fully saturated rings. The van der Waals surface area contributed by atoms with Crippen LogP contribution in [-0.2, 0) is 9.53 Å². The number of hydrogen-bond acceptors (Lipinski definition) is 7. The predicted molar refractivity (Wildman–Crippen MR) is 151 cm³/mol. The van der Waals surface area contributed by atoms with Gasteiger partial charge in [-0.05, 0) is 67.4 Å². The van der Waals surface area contributed by atoms with Crippen LogP contribution in [0.5, 0.6) is 11.5 Å². The number of halogens is 3. The van der Waals surface area contributed by atoms with Gasteiger partial charge in [0.05, 0.1) is 22.2 Å². The maximum absolute atomic E-state index is 12.7. The number of thiophene rings is 1. The fourth-order valence-electron chi connectivity index (χ4n) is 3.75. The van der Waals surface area contributed by atoms with Crippen molar-refractivity contribution in [2.24, 2.45) is 4.99 Å². The second kappa shape index (κ2) is 10.8. The molecule has 1 aliphatic rings. The fourth-order valence-corrected chi connectivity index (χ4v) is 5.77. The number of aryl methyl sites for hydroxylation is 1. The number of ether oxygens (including phenoxy) is 3. The van der Waals surface area contributed by atoms with Crippen molar-refractivity contribution < 1.29 is 23.8 Å². The lowest BCUT2D eigenvalue weighted by atomic mass is 10.1. The monoisotopic (exact) mass is 585 g/mol. The van der Waals surface area contributed by atoms with E-state index < -0.39 is 11.9 Å². The van der Waals surface area contributed by atoms with Gasteiger partial charge in [-0.15, -0.1) is 11.3 Å². The first-order valence-electron chi connectivity index (χ1n) is 11.4. The number of carbonyl (C=O) groups is 2. The molecule has 0 bridgehead atoms. The Morgan fingerprint density at radius 1 is 1.05 bits per heavy atom. The number of benzene rings is 3. The van der Waals surface area contributed by atoms with Crippen molar-refractivity contribution in [2.75, 3.05) is 6.61 Å². The number of aliphatic imine (C=N–C) groups is 1. The number of fused-ring (bicyclic) bond motifs is 1. The van der Waals surface area contributed by atoms with E-state index in [0.29, 0.717) is 32.8 Å². The maximum Gasteiger partial charge on any atom is 0.363 e. The van der Waals surface area contributed by atoms with Gasteiger partial charge in [0.25, 0.3) is 0 Å². The number of carbonyl (C=O) groups excluding carboxylic acids is 2. The SMILES string of the molecule is CCOc1cc(/C=C2/N=C(c3sc4cc(C)ccc4c3Cl)OC2=O)ccc1OC(=O)c1ccc(Cl)cc1Cl. The summed E-state index contributed by atoms with van der Waals surface area (Å²) in [7, 11) is 0. The van der Waals surface area contributed by atoms with Gasteiger partial charge in [0.15, 0.2) is 17.2 Å². The van der Waals surface area contributed by atoms with Gasteiger partial charge in [0, 0.05) is 15.1 Å². The Morgan fingerprint density at radius 2 is 1.87 bits per heavy atom. The Labute approximate surface area is 237 Å². The fraction of sp³-hybridized carbons (Fsp3) is 0.107. The smallest absolute Gasteiger partial charge is 0.363 e. The molecule has 0 unspecified atom stereocenters. The minimum atomic E-state index is -0.664. The topological polar surface area (TPSA) is 74.2 Å². The standard InChI is InChI=1S/C28H18Cl3NO5S/c1-3-35-22-12-15(5-9-21(22)36-27(33)17-8-6-16(29)13-19(17)30)11-20-28(34)37-26(32-20)25-24(31)18-7-4-14(2)10-23(18)38-25/h4-13H,3H2,1-2H3/b20-11+. The summed E-state index contributed by atoms with van der Waals surface area (Å²) >= 11 is 20.0. The van der Waals surface area contributed by atoms with E-state index in [1.54, 1.807) is 37.3 Å². The zero-order chi connectivity index (χ0) is 27.0. The van der Waals surface area contributed by atoms with Gasteiger partial charge in [-0.1, -0.05) is 53.0 Å². The zero-order valence-corrected chi connectivity index (χ0v) is 23.1. The third kappa shape index (κ3) is 5.28. The van der Waals surface area contributed by atoms with E-state index in [-0.39, 0.29) is 27.9 Å². The Kier molecular flexibility index (Phi) is 7.45. The van der Waals surface area contributed by atoms with E-state index in [9.17, 15) is 9.59 Å². The first-order valence-corrected chi connectivity index (χ1v) is 13.3. The molecular weight excluding hydrogens is 569 g/mol. The first-order chi connectivity index (χ1) is 18.2. The molecular formula is C28H18Cl3NO5S. The van der Waals surface area contributed by atoms with Gasteiger partial charge >= 0.3 is 11.9 Å². The summed E-state index contributed by atoms with van der Waals surface area (Å²) in [6.45, 7) is 4.12. The average Bonchev–Trinajstić information content (AvgIpc) is 3.39. The summed E-state index contributed by atoms with van der Waals surface area (Å²) in [5.41, 5.74) is 1.95. The molecule has 0 amide bonds. The van der Waals surface area contributed by atoms with Gasteiger partial charge in [0.2, 0.25) is 5.90 Å². The van der Waals surface area contributed by atoms with Crippen LogP contribution < -0.4 is 9.47 Å². The highest BCUT2D eigenvalue weighted by molar-refractivity contribution is 7.21. The van der Waals surface area contributed by atoms with E-state index >= 15 is 0 Å². The van der Waals surface area contributed by atoms with Crippen LogP contribution in [0.2, 0.25) is 15.1 Å². The average molecular weight is 587 g/mol. The highest BCUT2D eigenvalue weighted by atomic mass is 35.5. The summed E-state index contributed by atoms with van der Waals surface area (Å²) in [6, 6.07) is 15.3. The second-order valence-corrected chi connectivity index (χ2v) is 10.5. The van der Waals surface area contributed by atoms with E-state index in [0.717, 1.165) is 15.6 Å². The van der Waals surface area contributed by atoms with Crippen LogP contribution in [-0.4, -0.2) is 24.4 Å².